The van der Waals surface area contributed by atoms with Crippen molar-refractivity contribution >= 4 is 23.9 Å². The molecular formula is C47H48O10. The molecule has 0 aliphatic carbocycles. The van der Waals surface area contributed by atoms with Gasteiger partial charge in [0.05, 0.1) is 29.9 Å². The van der Waals surface area contributed by atoms with Crippen LogP contribution in [0, 0.1) is 5.92 Å². The lowest BCUT2D eigenvalue weighted by molar-refractivity contribution is -0.137. The molecule has 0 aliphatic heterocycles. The summed E-state index contributed by atoms with van der Waals surface area (Å²) in [5.74, 6) is 0.655. The summed E-state index contributed by atoms with van der Waals surface area (Å²) in [6, 6.07) is 33.6. The van der Waals surface area contributed by atoms with Crippen molar-refractivity contribution in [3.63, 3.8) is 0 Å². The van der Waals surface area contributed by atoms with Gasteiger partial charge in [0, 0.05) is 6.42 Å². The SMILES string of the molecule is CC[C@H](C)CCCCCOc1ccc(C(=O)Oc2ccc(C(=O)Oc3ccc(-c4ccc(OC(=O)c5ccc(OCCCCC(=O)O)cc5)cc4)cc3)cc2)cc1. The Balaban J connectivity index is 1.03. The minimum Gasteiger partial charge on any atom is -0.494 e. The third-order valence-electron chi connectivity index (χ3n) is 9.30. The van der Waals surface area contributed by atoms with E-state index in [4.69, 9.17) is 28.8 Å². The Morgan fingerprint density at radius 1 is 0.474 bits per heavy atom. The summed E-state index contributed by atoms with van der Waals surface area (Å²) in [4.78, 5) is 48.8. The summed E-state index contributed by atoms with van der Waals surface area (Å²) < 4.78 is 28.0. The van der Waals surface area contributed by atoms with Crippen LogP contribution in [0.2, 0.25) is 0 Å². The van der Waals surface area contributed by atoms with Crippen molar-refractivity contribution in [1.82, 2.24) is 0 Å². The number of rotatable bonds is 21. The number of carboxylic acid groups (broad SMARTS) is 1. The molecule has 10 nitrogen and oxygen atoms in total. The van der Waals surface area contributed by atoms with E-state index in [1.165, 1.54) is 31.4 Å². The number of unbranched alkanes of at least 4 members (excludes halogenated alkanes) is 3. The quantitative estimate of drug-likeness (QED) is 0.0436. The molecule has 5 aromatic carbocycles. The zero-order chi connectivity index (χ0) is 40.4. The highest BCUT2D eigenvalue weighted by atomic mass is 16.5. The smallest absolute Gasteiger partial charge is 0.343 e. The van der Waals surface area contributed by atoms with Crippen LogP contribution in [0.15, 0.2) is 121 Å². The molecule has 0 fully saturated rings. The maximum absolute atomic E-state index is 12.8. The number of hydrogen-bond acceptors (Lipinski definition) is 9. The highest BCUT2D eigenvalue weighted by molar-refractivity contribution is 5.93. The predicted molar refractivity (Wildman–Crippen MR) is 216 cm³/mol. The van der Waals surface area contributed by atoms with Crippen LogP contribution < -0.4 is 23.7 Å². The number of hydrogen-bond donors (Lipinski definition) is 1. The van der Waals surface area contributed by atoms with Crippen molar-refractivity contribution in [3.05, 3.63) is 138 Å². The van der Waals surface area contributed by atoms with E-state index in [2.05, 4.69) is 13.8 Å². The fourth-order valence-electron chi connectivity index (χ4n) is 5.70. The van der Waals surface area contributed by atoms with Gasteiger partial charge < -0.3 is 28.8 Å². The zero-order valence-electron chi connectivity index (χ0n) is 32.3. The van der Waals surface area contributed by atoms with Gasteiger partial charge in [-0.25, -0.2) is 14.4 Å². The van der Waals surface area contributed by atoms with Crippen LogP contribution in [0.5, 0.6) is 28.7 Å². The molecule has 5 rings (SSSR count). The summed E-state index contributed by atoms with van der Waals surface area (Å²) in [6.07, 6.45) is 7.06. The molecule has 0 unspecified atom stereocenters. The normalized spacial score (nSPS) is 11.3. The summed E-state index contributed by atoms with van der Waals surface area (Å²) in [5.41, 5.74) is 2.77. The van der Waals surface area contributed by atoms with E-state index in [9.17, 15) is 19.2 Å². The molecule has 0 aromatic heterocycles. The average Bonchev–Trinajstić information content (AvgIpc) is 3.23. The minimum absolute atomic E-state index is 0.104. The molecule has 296 valence electrons. The molecule has 5 aromatic rings. The number of benzene rings is 5. The van der Waals surface area contributed by atoms with Crippen molar-refractivity contribution in [2.45, 2.75) is 65.2 Å². The Bertz CT molecular complexity index is 2040. The molecule has 1 N–H and O–H groups in total. The first-order valence-electron chi connectivity index (χ1n) is 19.3. The van der Waals surface area contributed by atoms with Gasteiger partial charge in [0.15, 0.2) is 0 Å². The molecule has 10 heteroatoms. The second kappa shape index (κ2) is 21.6. The summed E-state index contributed by atoms with van der Waals surface area (Å²) >= 11 is 0. The lowest BCUT2D eigenvalue weighted by Gasteiger charge is -2.09. The standard InChI is InChI=1S/C47H48O10/c1-3-33(2)9-5-4-7-31-53-39-21-15-37(16-22-39)46(51)57-43-29-19-38(20-30-43)47(52)56-42-27-13-35(14-28-42)34-11-25-41(26-12-34)55-45(50)36-17-23-40(24-18-36)54-32-8-6-10-44(48)49/h11-30,33H,3-10,31-32H2,1-2H3,(H,48,49)/t33-/m0/s1. The van der Waals surface area contributed by atoms with E-state index in [0.29, 0.717) is 71.5 Å². The third-order valence-corrected chi connectivity index (χ3v) is 9.30. The second-order valence-corrected chi connectivity index (χ2v) is 13.7. The maximum atomic E-state index is 12.8. The van der Waals surface area contributed by atoms with E-state index in [-0.39, 0.29) is 6.42 Å². The van der Waals surface area contributed by atoms with Crippen LogP contribution >= 0.6 is 0 Å². The number of carboxylic acids is 1. The Hall–Kier alpha value is -6.42. The molecule has 0 aliphatic rings. The molecule has 0 radical (unpaired) electrons. The van der Waals surface area contributed by atoms with E-state index >= 15 is 0 Å². The van der Waals surface area contributed by atoms with Gasteiger partial charge in [0.2, 0.25) is 0 Å². The fraction of sp³-hybridized carbons (Fsp3) is 0.277. The first kappa shape index (κ1) is 41.7. The molecule has 0 saturated carbocycles. The van der Waals surface area contributed by atoms with Gasteiger partial charge >= 0.3 is 23.9 Å². The number of ether oxygens (including phenoxy) is 5. The van der Waals surface area contributed by atoms with Gasteiger partial charge in [-0.15, -0.1) is 0 Å². The highest BCUT2D eigenvalue weighted by Crippen LogP contribution is 2.26. The maximum Gasteiger partial charge on any atom is 0.343 e. The molecule has 57 heavy (non-hydrogen) atoms. The number of esters is 3. The van der Waals surface area contributed by atoms with Gasteiger partial charge in [-0.1, -0.05) is 63.8 Å². The molecule has 0 amide bonds. The van der Waals surface area contributed by atoms with Crippen LogP contribution in [0.1, 0.15) is 96.3 Å². The van der Waals surface area contributed by atoms with Crippen molar-refractivity contribution < 1.29 is 48.0 Å². The van der Waals surface area contributed by atoms with Crippen molar-refractivity contribution in [3.8, 4) is 39.9 Å². The molecular weight excluding hydrogens is 725 g/mol. The number of aliphatic carboxylic acids is 1. The van der Waals surface area contributed by atoms with Gasteiger partial charge in [-0.05, 0) is 133 Å². The van der Waals surface area contributed by atoms with Crippen LogP contribution in [0.4, 0.5) is 0 Å². The Morgan fingerprint density at radius 3 is 1.19 bits per heavy atom. The Labute approximate surface area is 333 Å². The summed E-state index contributed by atoms with van der Waals surface area (Å²) in [5, 5.41) is 8.71. The fourth-order valence-corrected chi connectivity index (χ4v) is 5.70. The zero-order valence-corrected chi connectivity index (χ0v) is 32.3. The lowest BCUT2D eigenvalue weighted by atomic mass is 10.0. The van der Waals surface area contributed by atoms with Crippen molar-refractivity contribution in [2.75, 3.05) is 13.2 Å². The first-order chi connectivity index (χ1) is 27.7. The minimum atomic E-state index is -0.830. The number of carbonyl (C=O) groups is 4. The van der Waals surface area contributed by atoms with Crippen LogP contribution in [-0.2, 0) is 4.79 Å². The van der Waals surface area contributed by atoms with Gasteiger partial charge in [0.25, 0.3) is 0 Å². The van der Waals surface area contributed by atoms with E-state index in [0.717, 1.165) is 29.9 Å². The molecule has 1 atom stereocenters. The first-order valence-corrected chi connectivity index (χ1v) is 19.3. The number of carbonyl (C=O) groups excluding carboxylic acids is 3. The van der Waals surface area contributed by atoms with Crippen LogP contribution in [0.3, 0.4) is 0 Å². The molecule has 0 bridgehead atoms. The van der Waals surface area contributed by atoms with Crippen LogP contribution in [0.25, 0.3) is 11.1 Å². The van der Waals surface area contributed by atoms with Crippen molar-refractivity contribution in [2.24, 2.45) is 5.92 Å². The largest absolute Gasteiger partial charge is 0.494 e. The summed E-state index contributed by atoms with van der Waals surface area (Å²) in [7, 11) is 0. The average molecular weight is 773 g/mol. The monoisotopic (exact) mass is 772 g/mol. The van der Waals surface area contributed by atoms with Crippen molar-refractivity contribution in [1.29, 1.82) is 0 Å². The topological polar surface area (TPSA) is 135 Å². The molecule has 0 heterocycles. The molecule has 0 spiro atoms. The Morgan fingerprint density at radius 2 is 0.825 bits per heavy atom. The van der Waals surface area contributed by atoms with E-state index in [1.54, 1.807) is 84.9 Å². The van der Waals surface area contributed by atoms with Gasteiger partial charge in [-0.2, -0.15) is 0 Å². The van der Waals surface area contributed by atoms with Crippen LogP contribution in [-0.4, -0.2) is 42.2 Å². The van der Waals surface area contributed by atoms with Gasteiger partial charge in [-0.3, -0.25) is 4.79 Å². The van der Waals surface area contributed by atoms with E-state index in [1.807, 2.05) is 24.3 Å². The molecule has 0 saturated heterocycles. The van der Waals surface area contributed by atoms with Gasteiger partial charge in [0.1, 0.15) is 28.7 Å². The predicted octanol–water partition coefficient (Wildman–Crippen LogP) is 10.6. The lowest BCUT2D eigenvalue weighted by Crippen LogP contribution is -2.10. The van der Waals surface area contributed by atoms with E-state index < -0.39 is 23.9 Å². The highest BCUT2D eigenvalue weighted by Gasteiger charge is 2.14. The summed E-state index contributed by atoms with van der Waals surface area (Å²) in [6.45, 7) is 5.53. The third kappa shape index (κ3) is 13.7. The Kier molecular flexibility index (Phi) is 15.8. The second-order valence-electron chi connectivity index (χ2n) is 13.7.